The second kappa shape index (κ2) is 11.5. The van der Waals surface area contributed by atoms with Crippen LogP contribution >= 0.6 is 0 Å². The number of hydrogen-bond acceptors (Lipinski definition) is 4. The summed E-state index contributed by atoms with van der Waals surface area (Å²) in [6, 6.07) is 0. The van der Waals surface area contributed by atoms with Crippen LogP contribution in [-0.2, 0) is 19.1 Å². The predicted octanol–water partition coefficient (Wildman–Crippen LogP) is 4.51. The van der Waals surface area contributed by atoms with Gasteiger partial charge in [-0.1, -0.05) is 53.9 Å². The first-order valence-electron chi connectivity index (χ1n) is 8.82. The first kappa shape index (κ1) is 20.9. The highest BCUT2D eigenvalue weighted by Crippen LogP contribution is 2.30. The van der Waals surface area contributed by atoms with Crippen LogP contribution in [0.5, 0.6) is 0 Å². The van der Waals surface area contributed by atoms with Crippen molar-refractivity contribution in [2.45, 2.75) is 79.6 Å². The lowest BCUT2D eigenvalue weighted by atomic mass is 9.82. The Morgan fingerprint density at radius 1 is 0.909 bits per heavy atom. The summed E-state index contributed by atoms with van der Waals surface area (Å²) in [6.07, 6.45) is 5.66. The van der Waals surface area contributed by atoms with E-state index in [0.29, 0.717) is 32.0 Å². The fraction of sp³-hybridized carbons (Fsp3) is 0.889. The predicted molar refractivity (Wildman–Crippen MR) is 88.5 cm³/mol. The number of carbonyl (C=O) groups is 2. The summed E-state index contributed by atoms with van der Waals surface area (Å²) in [5.41, 5.74) is -1.14. The van der Waals surface area contributed by atoms with Crippen LogP contribution in [0.2, 0.25) is 0 Å². The maximum Gasteiger partial charge on any atom is 0.323 e. The van der Waals surface area contributed by atoms with Gasteiger partial charge < -0.3 is 9.47 Å². The molecular formula is C18H34O4. The zero-order chi connectivity index (χ0) is 17.0. The van der Waals surface area contributed by atoms with E-state index >= 15 is 0 Å². The second-order valence-electron chi connectivity index (χ2n) is 6.07. The minimum absolute atomic E-state index is 0.374. The number of hydrogen-bond donors (Lipinski definition) is 0. The molecule has 0 saturated carbocycles. The molecule has 0 radical (unpaired) electrons. The molecule has 130 valence electrons. The smallest absolute Gasteiger partial charge is 0.323 e. The Balaban J connectivity index is 4.56. The largest absolute Gasteiger partial charge is 0.465 e. The molecule has 0 fully saturated rings. The average molecular weight is 314 g/mol. The van der Waals surface area contributed by atoms with Crippen LogP contribution in [0.3, 0.4) is 0 Å². The highest BCUT2D eigenvalue weighted by Gasteiger charge is 2.45. The first-order chi connectivity index (χ1) is 10.5. The molecule has 0 aliphatic rings. The summed E-state index contributed by atoms with van der Waals surface area (Å²) in [7, 11) is 0. The minimum atomic E-state index is -1.14. The van der Waals surface area contributed by atoms with Gasteiger partial charge in [-0.15, -0.1) is 0 Å². The summed E-state index contributed by atoms with van der Waals surface area (Å²) >= 11 is 0. The van der Waals surface area contributed by atoms with Crippen molar-refractivity contribution in [2.24, 2.45) is 11.3 Å². The van der Waals surface area contributed by atoms with Crippen molar-refractivity contribution >= 4 is 11.9 Å². The molecule has 0 saturated heterocycles. The van der Waals surface area contributed by atoms with Crippen molar-refractivity contribution in [3.63, 3.8) is 0 Å². The SMILES string of the molecule is CCCCCOC(=O)C(CC)(CC)C(=O)OCCC(C)CC. The monoisotopic (exact) mass is 314 g/mol. The summed E-state index contributed by atoms with van der Waals surface area (Å²) in [5, 5.41) is 0. The lowest BCUT2D eigenvalue weighted by Crippen LogP contribution is -2.41. The average Bonchev–Trinajstić information content (AvgIpc) is 2.53. The number of carbonyl (C=O) groups excluding carboxylic acids is 2. The maximum atomic E-state index is 12.4. The molecule has 0 aliphatic heterocycles. The van der Waals surface area contributed by atoms with E-state index in [1.165, 1.54) is 0 Å². The highest BCUT2D eigenvalue weighted by molar-refractivity contribution is 5.99. The summed E-state index contributed by atoms with van der Waals surface area (Å²) < 4.78 is 10.7. The molecule has 4 heteroatoms. The van der Waals surface area contributed by atoms with Gasteiger partial charge in [0, 0.05) is 0 Å². The highest BCUT2D eigenvalue weighted by atomic mass is 16.6. The second-order valence-corrected chi connectivity index (χ2v) is 6.07. The van der Waals surface area contributed by atoms with Crippen LogP contribution in [0, 0.1) is 11.3 Å². The van der Waals surface area contributed by atoms with E-state index in [-0.39, 0.29) is 0 Å². The quantitative estimate of drug-likeness (QED) is 0.302. The lowest BCUT2D eigenvalue weighted by Gasteiger charge is -2.27. The number of ether oxygens (including phenoxy) is 2. The maximum absolute atomic E-state index is 12.4. The number of unbranched alkanes of at least 4 members (excludes halogenated alkanes) is 2. The molecular weight excluding hydrogens is 280 g/mol. The van der Waals surface area contributed by atoms with Crippen LogP contribution < -0.4 is 0 Å². The van der Waals surface area contributed by atoms with Gasteiger partial charge >= 0.3 is 11.9 Å². The molecule has 0 N–H and O–H groups in total. The fourth-order valence-corrected chi connectivity index (χ4v) is 2.26. The van der Waals surface area contributed by atoms with Gasteiger partial charge in [-0.25, -0.2) is 0 Å². The van der Waals surface area contributed by atoms with Gasteiger partial charge in [0.25, 0.3) is 0 Å². The normalized spacial score (nSPS) is 12.8. The third-order valence-corrected chi connectivity index (χ3v) is 4.51. The van der Waals surface area contributed by atoms with Crippen molar-refractivity contribution in [3.8, 4) is 0 Å². The third kappa shape index (κ3) is 6.37. The molecule has 0 amide bonds. The Bertz CT molecular complexity index is 321. The Hall–Kier alpha value is -1.06. The van der Waals surface area contributed by atoms with Crippen LogP contribution in [0.1, 0.15) is 79.6 Å². The van der Waals surface area contributed by atoms with Gasteiger partial charge in [-0.3, -0.25) is 9.59 Å². The van der Waals surface area contributed by atoms with Gasteiger partial charge in [0.1, 0.15) is 0 Å². The zero-order valence-corrected chi connectivity index (χ0v) is 15.1. The van der Waals surface area contributed by atoms with E-state index in [9.17, 15) is 9.59 Å². The standard InChI is InChI=1S/C18H34O4/c1-6-10-11-13-21-16(19)18(8-3,9-4)17(20)22-14-12-15(5)7-2/h15H,6-14H2,1-5H3. The minimum Gasteiger partial charge on any atom is -0.465 e. The van der Waals surface area contributed by atoms with E-state index in [0.717, 1.165) is 32.1 Å². The summed E-state index contributed by atoms with van der Waals surface area (Å²) in [6.45, 7) is 10.8. The Morgan fingerprint density at radius 3 is 1.91 bits per heavy atom. The number of esters is 2. The summed E-state index contributed by atoms with van der Waals surface area (Å²) in [5.74, 6) is -0.338. The lowest BCUT2D eigenvalue weighted by molar-refractivity contribution is -0.173. The van der Waals surface area contributed by atoms with Gasteiger partial charge in [-0.05, 0) is 31.6 Å². The van der Waals surface area contributed by atoms with Crippen molar-refractivity contribution < 1.29 is 19.1 Å². The molecule has 0 spiro atoms. The van der Waals surface area contributed by atoms with Crippen LogP contribution in [0.4, 0.5) is 0 Å². The number of rotatable bonds is 12. The molecule has 0 aliphatic carbocycles. The van der Waals surface area contributed by atoms with Gasteiger partial charge in [0.15, 0.2) is 5.41 Å². The molecule has 0 heterocycles. The molecule has 1 unspecified atom stereocenters. The Kier molecular flexibility index (Phi) is 10.9. The molecule has 4 nitrogen and oxygen atoms in total. The van der Waals surface area contributed by atoms with Gasteiger partial charge in [0.05, 0.1) is 13.2 Å². The fourth-order valence-electron chi connectivity index (χ4n) is 2.26. The molecule has 0 bridgehead atoms. The van der Waals surface area contributed by atoms with E-state index in [4.69, 9.17) is 9.47 Å². The van der Waals surface area contributed by atoms with Crippen molar-refractivity contribution in [2.75, 3.05) is 13.2 Å². The van der Waals surface area contributed by atoms with E-state index in [2.05, 4.69) is 20.8 Å². The van der Waals surface area contributed by atoms with Gasteiger partial charge in [-0.2, -0.15) is 0 Å². The zero-order valence-electron chi connectivity index (χ0n) is 15.1. The third-order valence-electron chi connectivity index (χ3n) is 4.51. The first-order valence-corrected chi connectivity index (χ1v) is 8.82. The van der Waals surface area contributed by atoms with Crippen molar-refractivity contribution in [1.82, 2.24) is 0 Å². The molecule has 0 aromatic rings. The van der Waals surface area contributed by atoms with Crippen LogP contribution in [-0.4, -0.2) is 25.2 Å². The van der Waals surface area contributed by atoms with Gasteiger partial charge in [0.2, 0.25) is 0 Å². The topological polar surface area (TPSA) is 52.6 Å². The molecule has 0 aromatic carbocycles. The van der Waals surface area contributed by atoms with Crippen molar-refractivity contribution in [3.05, 3.63) is 0 Å². The van der Waals surface area contributed by atoms with Crippen LogP contribution in [0.15, 0.2) is 0 Å². The molecule has 0 rings (SSSR count). The van der Waals surface area contributed by atoms with E-state index < -0.39 is 17.4 Å². The van der Waals surface area contributed by atoms with Crippen molar-refractivity contribution in [1.29, 1.82) is 0 Å². The van der Waals surface area contributed by atoms with Crippen LogP contribution in [0.25, 0.3) is 0 Å². The van der Waals surface area contributed by atoms with E-state index in [1.807, 2.05) is 13.8 Å². The summed E-state index contributed by atoms with van der Waals surface area (Å²) in [4.78, 5) is 24.8. The molecule has 22 heavy (non-hydrogen) atoms. The van der Waals surface area contributed by atoms with E-state index in [1.54, 1.807) is 0 Å². The molecule has 1 atom stereocenters. The molecule has 0 aromatic heterocycles. The Labute approximate surface area is 135 Å². The Morgan fingerprint density at radius 2 is 1.45 bits per heavy atom.